The monoisotopic (exact) mass is 440 g/mol. The van der Waals surface area contributed by atoms with Crippen LogP contribution in [0, 0.1) is 0 Å². The fraction of sp³-hybridized carbons (Fsp3) is 0.632. The van der Waals surface area contributed by atoms with Crippen LogP contribution in [0.2, 0.25) is 0 Å². The number of pyridine rings is 1. The average Bonchev–Trinajstić information content (AvgIpc) is 3.25. The average molecular weight is 441 g/mol. The van der Waals surface area contributed by atoms with Crippen LogP contribution in [0.5, 0.6) is 0 Å². The van der Waals surface area contributed by atoms with Gasteiger partial charge in [-0.2, -0.15) is 4.31 Å². The highest BCUT2D eigenvalue weighted by Crippen LogP contribution is 2.25. The third-order valence-electron chi connectivity index (χ3n) is 5.26. The van der Waals surface area contributed by atoms with Crippen molar-refractivity contribution in [3.05, 3.63) is 18.3 Å². The number of aromatic nitrogens is 1. The first-order valence-electron chi connectivity index (χ1n) is 10.1. The van der Waals surface area contributed by atoms with E-state index in [1.165, 1.54) is 34.8 Å². The Balaban J connectivity index is 1.51. The smallest absolute Gasteiger partial charge is 0.321 e. The second-order valence-corrected chi connectivity index (χ2v) is 10.8. The zero-order valence-corrected chi connectivity index (χ0v) is 18.2. The quantitative estimate of drug-likeness (QED) is 0.658. The van der Waals surface area contributed by atoms with Gasteiger partial charge in [0.05, 0.1) is 10.3 Å². The second kappa shape index (κ2) is 9.90. The lowest BCUT2D eigenvalue weighted by molar-refractivity contribution is -0.119. The second-order valence-electron chi connectivity index (χ2n) is 7.50. The minimum atomic E-state index is -3.50. The molecule has 1 aromatic heterocycles. The van der Waals surface area contributed by atoms with Crippen molar-refractivity contribution in [2.24, 2.45) is 0 Å². The van der Waals surface area contributed by atoms with Crippen LogP contribution in [0.1, 0.15) is 51.9 Å². The molecule has 1 atom stereocenters. The van der Waals surface area contributed by atoms with E-state index in [1.807, 2.05) is 0 Å². The van der Waals surface area contributed by atoms with E-state index in [4.69, 9.17) is 0 Å². The molecule has 29 heavy (non-hydrogen) atoms. The predicted molar refractivity (Wildman–Crippen MR) is 111 cm³/mol. The van der Waals surface area contributed by atoms with Gasteiger partial charge >= 0.3 is 6.03 Å². The molecule has 2 N–H and O–H groups in total. The Morgan fingerprint density at radius 2 is 1.83 bits per heavy atom. The summed E-state index contributed by atoms with van der Waals surface area (Å²) >= 11 is 1.18. The van der Waals surface area contributed by atoms with Crippen LogP contribution in [0.25, 0.3) is 0 Å². The van der Waals surface area contributed by atoms with Gasteiger partial charge in [-0.3, -0.25) is 10.1 Å². The molecule has 2 heterocycles. The Kier molecular flexibility index (Phi) is 7.53. The fourth-order valence-electron chi connectivity index (χ4n) is 3.58. The summed E-state index contributed by atoms with van der Waals surface area (Å²) in [5.41, 5.74) is 0. The van der Waals surface area contributed by atoms with Gasteiger partial charge < -0.3 is 5.32 Å². The summed E-state index contributed by atoms with van der Waals surface area (Å²) in [7, 11) is -3.50. The number of rotatable bonds is 6. The van der Waals surface area contributed by atoms with Crippen molar-refractivity contribution in [1.29, 1.82) is 0 Å². The van der Waals surface area contributed by atoms with E-state index in [2.05, 4.69) is 15.6 Å². The number of sulfonamides is 1. The van der Waals surface area contributed by atoms with Gasteiger partial charge in [0.25, 0.3) is 0 Å². The molecule has 3 amide bonds. The Morgan fingerprint density at radius 3 is 2.45 bits per heavy atom. The summed E-state index contributed by atoms with van der Waals surface area (Å²) in [5.74, 6) is -0.404. The summed E-state index contributed by atoms with van der Waals surface area (Å²) in [6, 6.07) is 2.78. The van der Waals surface area contributed by atoms with Gasteiger partial charge in [0, 0.05) is 25.3 Å². The molecule has 10 heteroatoms. The van der Waals surface area contributed by atoms with E-state index in [0.717, 1.165) is 38.5 Å². The van der Waals surface area contributed by atoms with Gasteiger partial charge in [-0.15, -0.1) is 0 Å². The van der Waals surface area contributed by atoms with Crippen molar-refractivity contribution >= 4 is 33.7 Å². The highest BCUT2D eigenvalue weighted by molar-refractivity contribution is 8.00. The number of imide groups is 1. The molecule has 1 aliphatic carbocycles. The number of amides is 3. The molecule has 0 bridgehead atoms. The fourth-order valence-corrected chi connectivity index (χ4v) is 5.83. The molecule has 1 saturated carbocycles. The van der Waals surface area contributed by atoms with Gasteiger partial charge in [-0.05, 0) is 44.7 Å². The molecule has 0 spiro atoms. The molecule has 0 aromatic carbocycles. The first-order valence-corrected chi connectivity index (χ1v) is 12.4. The lowest BCUT2D eigenvalue weighted by Gasteiger charge is -2.23. The zero-order chi connectivity index (χ0) is 20.9. The third kappa shape index (κ3) is 5.93. The van der Waals surface area contributed by atoms with Crippen LogP contribution < -0.4 is 10.6 Å². The summed E-state index contributed by atoms with van der Waals surface area (Å²) in [4.78, 5) is 28.6. The van der Waals surface area contributed by atoms with Crippen LogP contribution >= 0.6 is 11.8 Å². The molecule has 2 fully saturated rings. The largest absolute Gasteiger partial charge is 0.335 e. The topological polar surface area (TPSA) is 108 Å². The summed E-state index contributed by atoms with van der Waals surface area (Å²) in [6.07, 6.45) is 8.36. The molecule has 1 aliphatic heterocycles. The first kappa shape index (κ1) is 22.0. The summed E-state index contributed by atoms with van der Waals surface area (Å²) in [5, 5.41) is 5.22. The Labute approximate surface area is 176 Å². The molecule has 8 nitrogen and oxygen atoms in total. The Bertz CT molecular complexity index is 817. The number of hydrogen-bond donors (Lipinski definition) is 2. The summed E-state index contributed by atoms with van der Waals surface area (Å²) < 4.78 is 26.5. The van der Waals surface area contributed by atoms with E-state index >= 15 is 0 Å². The SMILES string of the molecule is CC(Sc1ccc(S(=O)(=O)N2CCCC2)cn1)C(=O)NC(=O)NC1CCCCC1. The molecule has 0 radical (unpaired) electrons. The van der Waals surface area contributed by atoms with E-state index < -0.39 is 27.2 Å². The maximum Gasteiger partial charge on any atom is 0.321 e. The molecule has 1 aromatic rings. The van der Waals surface area contributed by atoms with Crippen molar-refractivity contribution in [3.63, 3.8) is 0 Å². The number of carbonyl (C=O) groups is 2. The molecule has 1 unspecified atom stereocenters. The normalized spacial score (nSPS) is 19.6. The van der Waals surface area contributed by atoms with E-state index in [9.17, 15) is 18.0 Å². The van der Waals surface area contributed by atoms with Gasteiger partial charge in [0.15, 0.2) is 0 Å². The van der Waals surface area contributed by atoms with Gasteiger partial charge in [-0.25, -0.2) is 18.2 Å². The predicted octanol–water partition coefficient (Wildman–Crippen LogP) is 2.51. The van der Waals surface area contributed by atoms with Crippen LogP contribution in [0.4, 0.5) is 4.79 Å². The maximum atomic E-state index is 12.5. The maximum absolute atomic E-state index is 12.5. The third-order valence-corrected chi connectivity index (χ3v) is 8.19. The molecular formula is C19H28N4O4S2. The Morgan fingerprint density at radius 1 is 1.14 bits per heavy atom. The van der Waals surface area contributed by atoms with Crippen molar-refractivity contribution in [3.8, 4) is 0 Å². The number of hydrogen-bond acceptors (Lipinski definition) is 6. The minimum Gasteiger partial charge on any atom is -0.335 e. The number of thioether (sulfide) groups is 1. The highest BCUT2D eigenvalue weighted by Gasteiger charge is 2.27. The van der Waals surface area contributed by atoms with Crippen molar-refractivity contribution < 1.29 is 18.0 Å². The highest BCUT2D eigenvalue weighted by atomic mass is 32.2. The van der Waals surface area contributed by atoms with E-state index in [-0.39, 0.29) is 10.9 Å². The molecule has 2 aliphatic rings. The Hall–Kier alpha value is -1.65. The van der Waals surface area contributed by atoms with Crippen LogP contribution in [-0.2, 0) is 14.8 Å². The van der Waals surface area contributed by atoms with Crippen molar-refractivity contribution in [2.45, 2.75) is 73.1 Å². The molecule has 3 rings (SSSR count). The standard InChI is InChI=1S/C19H28N4O4S2/c1-14(18(24)22-19(25)21-15-7-3-2-4-8-15)28-17-10-9-16(13-20-17)29(26,27)23-11-5-6-12-23/h9-10,13-15H,2-8,11-12H2,1H3,(H2,21,22,24,25). The number of carbonyl (C=O) groups excluding carboxylic acids is 2. The molecule has 160 valence electrons. The van der Waals surface area contributed by atoms with Gasteiger partial charge in [-0.1, -0.05) is 31.0 Å². The lowest BCUT2D eigenvalue weighted by Crippen LogP contribution is -2.47. The zero-order valence-electron chi connectivity index (χ0n) is 16.6. The minimum absolute atomic E-state index is 0.131. The number of urea groups is 1. The van der Waals surface area contributed by atoms with Crippen LogP contribution in [0.3, 0.4) is 0 Å². The first-order chi connectivity index (χ1) is 13.9. The van der Waals surface area contributed by atoms with E-state index in [0.29, 0.717) is 18.1 Å². The van der Waals surface area contributed by atoms with Crippen LogP contribution in [-0.4, -0.2) is 54.0 Å². The van der Waals surface area contributed by atoms with Gasteiger partial charge in [0.2, 0.25) is 15.9 Å². The van der Waals surface area contributed by atoms with Gasteiger partial charge in [0.1, 0.15) is 4.90 Å². The molecular weight excluding hydrogens is 412 g/mol. The lowest BCUT2D eigenvalue weighted by atomic mass is 9.96. The van der Waals surface area contributed by atoms with Crippen molar-refractivity contribution in [2.75, 3.05) is 13.1 Å². The summed E-state index contributed by atoms with van der Waals surface area (Å²) in [6.45, 7) is 2.77. The van der Waals surface area contributed by atoms with E-state index in [1.54, 1.807) is 13.0 Å². The number of nitrogens with one attached hydrogen (secondary N) is 2. The van der Waals surface area contributed by atoms with Crippen molar-refractivity contribution in [1.82, 2.24) is 19.9 Å². The van der Waals surface area contributed by atoms with Crippen LogP contribution in [0.15, 0.2) is 28.3 Å². The molecule has 1 saturated heterocycles. The number of nitrogens with zero attached hydrogens (tertiary/aromatic N) is 2.